The molecule has 0 aliphatic rings. The molecule has 0 aliphatic carbocycles. The molecule has 0 saturated carbocycles. The minimum atomic E-state index is 0.242. The second-order valence-corrected chi connectivity index (χ2v) is 5.88. The third-order valence-corrected chi connectivity index (χ3v) is 4.15. The van der Waals surface area contributed by atoms with Crippen LogP contribution in [0.2, 0.25) is 5.02 Å². The van der Waals surface area contributed by atoms with Crippen molar-refractivity contribution in [3.05, 3.63) is 70.6 Å². The van der Waals surface area contributed by atoms with Crippen molar-refractivity contribution < 1.29 is 0 Å². The van der Waals surface area contributed by atoms with Gasteiger partial charge >= 0.3 is 0 Å². The fourth-order valence-electron chi connectivity index (χ4n) is 2.50. The molecule has 2 heterocycles. The molecule has 5 nitrogen and oxygen atoms in total. The summed E-state index contributed by atoms with van der Waals surface area (Å²) in [6, 6.07) is 13.5. The van der Waals surface area contributed by atoms with Gasteiger partial charge in [0, 0.05) is 17.5 Å². The number of pyridine rings is 1. The van der Waals surface area contributed by atoms with Crippen LogP contribution < -0.4 is 10.6 Å². The zero-order valence-electron chi connectivity index (χ0n) is 13.6. The second kappa shape index (κ2) is 6.84. The summed E-state index contributed by atoms with van der Waals surface area (Å²) in [6.45, 7) is 4.43. The van der Waals surface area contributed by atoms with Crippen LogP contribution >= 0.6 is 11.6 Å². The molecule has 0 unspecified atom stereocenters. The van der Waals surface area contributed by atoms with E-state index in [1.807, 2.05) is 61.2 Å². The molecular formula is C18H18ClN5. The Morgan fingerprint density at radius 3 is 2.50 bits per heavy atom. The molecule has 0 aliphatic heterocycles. The van der Waals surface area contributed by atoms with Crippen molar-refractivity contribution in [3.8, 4) is 0 Å². The predicted octanol–water partition coefficient (Wildman–Crippen LogP) is 4.06. The molecule has 0 amide bonds. The van der Waals surface area contributed by atoms with E-state index in [0.717, 1.165) is 28.5 Å². The lowest BCUT2D eigenvalue weighted by atomic mass is 10.2. The van der Waals surface area contributed by atoms with Gasteiger partial charge in [0.1, 0.15) is 5.82 Å². The monoisotopic (exact) mass is 339 g/mol. The van der Waals surface area contributed by atoms with Gasteiger partial charge in [-0.1, -0.05) is 29.8 Å². The van der Waals surface area contributed by atoms with Crippen molar-refractivity contribution in [2.24, 2.45) is 0 Å². The number of benzene rings is 1. The number of hydrogen-bond donors (Lipinski definition) is 1. The first-order valence-corrected chi connectivity index (χ1v) is 7.96. The molecule has 0 spiro atoms. The molecule has 3 aromatic rings. The number of para-hydroxylation sites is 1. The molecule has 6 heteroatoms. The van der Waals surface area contributed by atoms with Crippen LogP contribution in [0.4, 0.5) is 17.5 Å². The van der Waals surface area contributed by atoms with E-state index in [1.165, 1.54) is 0 Å². The SMILES string of the molecule is Cc1nc(N)nc(N(Cc2ccccn2)c2ccccc2Cl)c1C. The van der Waals surface area contributed by atoms with E-state index in [0.29, 0.717) is 11.6 Å². The van der Waals surface area contributed by atoms with E-state index in [1.54, 1.807) is 6.20 Å². The number of rotatable bonds is 4. The number of nitrogens with zero attached hydrogens (tertiary/aromatic N) is 4. The van der Waals surface area contributed by atoms with Crippen LogP contribution in [-0.4, -0.2) is 15.0 Å². The van der Waals surface area contributed by atoms with Gasteiger partial charge in [0.05, 0.1) is 22.9 Å². The van der Waals surface area contributed by atoms with Gasteiger partial charge in [-0.25, -0.2) is 4.98 Å². The topological polar surface area (TPSA) is 67.9 Å². The van der Waals surface area contributed by atoms with E-state index in [-0.39, 0.29) is 5.95 Å². The number of anilines is 3. The number of hydrogen-bond acceptors (Lipinski definition) is 5. The van der Waals surface area contributed by atoms with Crippen LogP contribution in [-0.2, 0) is 6.54 Å². The largest absolute Gasteiger partial charge is 0.368 e. The Labute approximate surface area is 146 Å². The quantitative estimate of drug-likeness (QED) is 0.776. The molecule has 0 radical (unpaired) electrons. The first-order chi connectivity index (χ1) is 11.6. The first-order valence-electron chi connectivity index (χ1n) is 7.59. The number of aryl methyl sites for hydroxylation is 1. The number of nitrogen functional groups attached to an aromatic ring is 1. The van der Waals surface area contributed by atoms with Crippen molar-refractivity contribution >= 4 is 29.1 Å². The van der Waals surface area contributed by atoms with Gasteiger partial charge in [0.15, 0.2) is 0 Å². The summed E-state index contributed by atoms with van der Waals surface area (Å²) in [6.07, 6.45) is 1.77. The lowest BCUT2D eigenvalue weighted by molar-refractivity contribution is 0.891. The average molecular weight is 340 g/mol. The number of nitrogens with two attached hydrogens (primary N) is 1. The van der Waals surface area contributed by atoms with Crippen molar-refractivity contribution in [1.82, 2.24) is 15.0 Å². The standard InChI is InChI=1S/C18H18ClN5/c1-12-13(2)22-18(20)23-17(12)24(11-14-7-5-6-10-21-14)16-9-4-3-8-15(16)19/h3-10H,11H2,1-2H3,(H2,20,22,23). The van der Waals surface area contributed by atoms with Crippen molar-refractivity contribution in [2.45, 2.75) is 20.4 Å². The Morgan fingerprint density at radius 1 is 1.04 bits per heavy atom. The fourth-order valence-corrected chi connectivity index (χ4v) is 2.73. The van der Waals surface area contributed by atoms with E-state index < -0.39 is 0 Å². The zero-order valence-corrected chi connectivity index (χ0v) is 14.3. The second-order valence-electron chi connectivity index (χ2n) is 5.47. The maximum atomic E-state index is 6.43. The molecule has 122 valence electrons. The summed E-state index contributed by atoms with van der Waals surface area (Å²) in [4.78, 5) is 15.1. The Morgan fingerprint density at radius 2 is 1.79 bits per heavy atom. The summed E-state index contributed by atoms with van der Waals surface area (Å²) in [7, 11) is 0. The molecule has 0 saturated heterocycles. The predicted molar refractivity (Wildman–Crippen MR) is 97.5 cm³/mol. The van der Waals surface area contributed by atoms with Crippen LogP contribution in [0.25, 0.3) is 0 Å². The minimum absolute atomic E-state index is 0.242. The van der Waals surface area contributed by atoms with Crippen molar-refractivity contribution in [1.29, 1.82) is 0 Å². The van der Waals surface area contributed by atoms with Crippen LogP contribution in [0.15, 0.2) is 48.7 Å². The molecule has 0 bridgehead atoms. The van der Waals surface area contributed by atoms with Gasteiger partial charge in [0.25, 0.3) is 0 Å². The number of aromatic nitrogens is 3. The van der Waals surface area contributed by atoms with E-state index in [9.17, 15) is 0 Å². The summed E-state index contributed by atoms with van der Waals surface area (Å²) in [5.74, 6) is 0.977. The highest BCUT2D eigenvalue weighted by molar-refractivity contribution is 6.33. The first kappa shape index (κ1) is 16.2. The molecule has 0 atom stereocenters. The van der Waals surface area contributed by atoms with Gasteiger partial charge in [-0.2, -0.15) is 4.98 Å². The van der Waals surface area contributed by atoms with Crippen LogP contribution in [0.5, 0.6) is 0 Å². The summed E-state index contributed by atoms with van der Waals surface area (Å²) < 4.78 is 0. The van der Waals surface area contributed by atoms with E-state index >= 15 is 0 Å². The Balaban J connectivity index is 2.14. The third kappa shape index (κ3) is 3.31. The maximum Gasteiger partial charge on any atom is 0.222 e. The molecule has 0 fully saturated rings. The van der Waals surface area contributed by atoms with E-state index in [4.69, 9.17) is 17.3 Å². The van der Waals surface area contributed by atoms with Gasteiger partial charge in [-0.3, -0.25) is 4.98 Å². The smallest absolute Gasteiger partial charge is 0.222 e. The maximum absolute atomic E-state index is 6.43. The summed E-state index contributed by atoms with van der Waals surface area (Å²) in [5.41, 5.74) is 9.44. The Hall–Kier alpha value is -2.66. The molecular weight excluding hydrogens is 322 g/mol. The molecule has 2 aromatic heterocycles. The fraction of sp³-hybridized carbons (Fsp3) is 0.167. The average Bonchev–Trinajstić information content (AvgIpc) is 2.58. The Kier molecular flexibility index (Phi) is 4.62. The normalized spacial score (nSPS) is 10.6. The highest BCUT2D eigenvalue weighted by Crippen LogP contribution is 2.34. The third-order valence-electron chi connectivity index (χ3n) is 3.83. The molecule has 1 aromatic carbocycles. The van der Waals surface area contributed by atoms with Crippen molar-refractivity contribution in [3.63, 3.8) is 0 Å². The lowest BCUT2D eigenvalue weighted by Crippen LogP contribution is -2.21. The van der Waals surface area contributed by atoms with Crippen LogP contribution in [0.3, 0.4) is 0 Å². The molecule has 3 rings (SSSR count). The highest BCUT2D eigenvalue weighted by atomic mass is 35.5. The molecule has 24 heavy (non-hydrogen) atoms. The Bertz CT molecular complexity index is 851. The summed E-state index contributed by atoms with van der Waals surface area (Å²) >= 11 is 6.43. The van der Waals surface area contributed by atoms with Gasteiger partial charge in [-0.15, -0.1) is 0 Å². The number of halogens is 1. The van der Waals surface area contributed by atoms with Gasteiger partial charge in [-0.05, 0) is 38.1 Å². The highest BCUT2D eigenvalue weighted by Gasteiger charge is 2.19. The van der Waals surface area contributed by atoms with Crippen molar-refractivity contribution in [2.75, 3.05) is 10.6 Å². The summed E-state index contributed by atoms with van der Waals surface area (Å²) in [5, 5.41) is 0.641. The lowest BCUT2D eigenvalue weighted by Gasteiger charge is -2.26. The van der Waals surface area contributed by atoms with Gasteiger partial charge in [0.2, 0.25) is 5.95 Å². The minimum Gasteiger partial charge on any atom is -0.368 e. The van der Waals surface area contributed by atoms with E-state index in [2.05, 4.69) is 15.0 Å². The van der Waals surface area contributed by atoms with Crippen LogP contribution in [0, 0.1) is 13.8 Å². The molecule has 2 N–H and O–H groups in total. The van der Waals surface area contributed by atoms with Crippen LogP contribution in [0.1, 0.15) is 17.0 Å². The zero-order chi connectivity index (χ0) is 17.1. The van der Waals surface area contributed by atoms with Gasteiger partial charge < -0.3 is 10.6 Å².